The van der Waals surface area contributed by atoms with E-state index in [1.807, 2.05) is 25.1 Å². The van der Waals surface area contributed by atoms with Crippen molar-refractivity contribution in [1.29, 1.82) is 0 Å². The molecule has 2 aliphatic rings. The van der Waals surface area contributed by atoms with E-state index in [0.717, 1.165) is 29.5 Å². The van der Waals surface area contributed by atoms with Gasteiger partial charge in [-0.15, -0.1) is 0 Å². The predicted octanol–water partition coefficient (Wildman–Crippen LogP) is 3.50. The van der Waals surface area contributed by atoms with Crippen LogP contribution in [0.4, 0.5) is 0 Å². The van der Waals surface area contributed by atoms with Crippen LogP contribution in [-0.4, -0.2) is 21.3 Å². The number of fused-ring (bicyclic) bond motifs is 3. The molecular formula is C20H28O4. The van der Waals surface area contributed by atoms with Crippen LogP contribution in [0.5, 0.6) is 0 Å². The molecule has 4 nitrogen and oxygen atoms in total. The molecule has 1 aromatic rings. The normalized spacial score (nSPS) is 35.9. The van der Waals surface area contributed by atoms with Crippen LogP contribution in [0.25, 0.3) is 0 Å². The number of aliphatic hydroxyl groups excluding tert-OH is 1. The third-order valence-electron chi connectivity index (χ3n) is 6.61. The number of carboxylic acid groups (broad SMARTS) is 1. The summed E-state index contributed by atoms with van der Waals surface area (Å²) in [6.07, 6.45) is 2.24. The molecule has 3 rings (SSSR count). The van der Waals surface area contributed by atoms with Crippen molar-refractivity contribution in [3.05, 3.63) is 34.9 Å². The molecule has 4 heteroatoms. The third-order valence-corrected chi connectivity index (χ3v) is 6.61. The highest BCUT2D eigenvalue weighted by atomic mass is 16.4. The largest absolute Gasteiger partial charge is 0.481 e. The summed E-state index contributed by atoms with van der Waals surface area (Å²) >= 11 is 0. The minimum absolute atomic E-state index is 0.0910. The Balaban J connectivity index is 2.15. The van der Waals surface area contributed by atoms with Crippen LogP contribution in [0, 0.1) is 11.3 Å². The Labute approximate surface area is 143 Å². The molecule has 132 valence electrons. The van der Waals surface area contributed by atoms with Crippen LogP contribution in [0.15, 0.2) is 18.2 Å². The van der Waals surface area contributed by atoms with Crippen molar-refractivity contribution in [3.63, 3.8) is 0 Å². The van der Waals surface area contributed by atoms with Gasteiger partial charge in [0.15, 0.2) is 0 Å². The fourth-order valence-electron chi connectivity index (χ4n) is 5.06. The summed E-state index contributed by atoms with van der Waals surface area (Å²) in [6, 6.07) is 5.80. The Morgan fingerprint density at radius 1 is 1.25 bits per heavy atom. The van der Waals surface area contributed by atoms with Crippen LogP contribution in [0.3, 0.4) is 0 Å². The summed E-state index contributed by atoms with van der Waals surface area (Å²) in [5.41, 5.74) is 0.654. The number of hydrogen-bond donors (Lipinski definition) is 3. The fraction of sp³-hybridized carbons (Fsp3) is 0.650. The molecule has 0 aliphatic heterocycles. The number of benzene rings is 1. The second-order valence-electron chi connectivity index (χ2n) is 8.66. The summed E-state index contributed by atoms with van der Waals surface area (Å²) in [6.45, 7) is 7.44. The third kappa shape index (κ3) is 2.39. The van der Waals surface area contributed by atoms with Crippen LogP contribution in [0.2, 0.25) is 0 Å². The smallest absolute Gasteiger partial charge is 0.309 e. The first-order chi connectivity index (χ1) is 11.0. The first-order valence-corrected chi connectivity index (χ1v) is 8.79. The molecule has 0 unspecified atom stereocenters. The minimum Gasteiger partial charge on any atom is -0.481 e. The van der Waals surface area contributed by atoms with Gasteiger partial charge in [-0.05, 0) is 68.1 Å². The Bertz CT molecular complexity index is 675. The molecule has 3 N–H and O–H groups in total. The van der Waals surface area contributed by atoms with Crippen molar-refractivity contribution in [2.45, 2.75) is 70.5 Å². The Hall–Kier alpha value is -1.39. The number of aliphatic carboxylic acids is 1. The average Bonchev–Trinajstić information content (AvgIpc) is 2.48. The topological polar surface area (TPSA) is 77.8 Å². The van der Waals surface area contributed by atoms with Crippen molar-refractivity contribution in [3.8, 4) is 0 Å². The van der Waals surface area contributed by atoms with E-state index in [2.05, 4.69) is 6.92 Å². The van der Waals surface area contributed by atoms with Gasteiger partial charge in [0.2, 0.25) is 0 Å². The van der Waals surface area contributed by atoms with Crippen LogP contribution < -0.4 is 0 Å². The van der Waals surface area contributed by atoms with Gasteiger partial charge in [0, 0.05) is 0 Å². The number of carbonyl (C=O) groups is 1. The summed E-state index contributed by atoms with van der Waals surface area (Å²) in [4.78, 5) is 12.0. The lowest BCUT2D eigenvalue weighted by atomic mass is 9.49. The van der Waals surface area contributed by atoms with Gasteiger partial charge in [0.05, 0.1) is 17.1 Å². The SMILES string of the molecule is CC(C)(O)c1ccc2c(c1)[C@@H](O)C[C@@H]1[C@@](C)(C(=O)O)CCC[C@]21C. The van der Waals surface area contributed by atoms with Crippen LogP contribution >= 0.6 is 0 Å². The molecule has 0 heterocycles. The molecule has 1 fully saturated rings. The highest BCUT2D eigenvalue weighted by molar-refractivity contribution is 5.75. The maximum atomic E-state index is 12.0. The van der Waals surface area contributed by atoms with Crippen molar-refractivity contribution in [2.75, 3.05) is 0 Å². The van der Waals surface area contributed by atoms with Gasteiger partial charge in [-0.3, -0.25) is 4.79 Å². The fourth-order valence-corrected chi connectivity index (χ4v) is 5.06. The van der Waals surface area contributed by atoms with Gasteiger partial charge in [-0.25, -0.2) is 0 Å². The summed E-state index contributed by atoms with van der Waals surface area (Å²) in [7, 11) is 0. The maximum absolute atomic E-state index is 12.0. The molecule has 0 amide bonds. The van der Waals surface area contributed by atoms with Crippen LogP contribution in [-0.2, 0) is 15.8 Å². The van der Waals surface area contributed by atoms with Gasteiger partial charge in [-0.2, -0.15) is 0 Å². The molecule has 1 saturated carbocycles. The number of carboxylic acids is 1. The quantitative estimate of drug-likeness (QED) is 0.774. The lowest BCUT2D eigenvalue weighted by Gasteiger charge is -2.54. The molecule has 0 bridgehead atoms. The number of aliphatic hydroxyl groups is 2. The van der Waals surface area contributed by atoms with Gasteiger partial charge < -0.3 is 15.3 Å². The van der Waals surface area contributed by atoms with E-state index in [-0.39, 0.29) is 11.3 Å². The van der Waals surface area contributed by atoms with Gasteiger partial charge in [0.25, 0.3) is 0 Å². The molecule has 4 atom stereocenters. The van der Waals surface area contributed by atoms with Crippen molar-refractivity contribution < 1.29 is 20.1 Å². The molecule has 24 heavy (non-hydrogen) atoms. The van der Waals surface area contributed by atoms with E-state index in [9.17, 15) is 20.1 Å². The Kier molecular flexibility index (Phi) is 3.85. The monoisotopic (exact) mass is 332 g/mol. The van der Waals surface area contributed by atoms with E-state index in [1.165, 1.54) is 0 Å². The lowest BCUT2D eigenvalue weighted by molar-refractivity contribution is -0.159. The average molecular weight is 332 g/mol. The predicted molar refractivity (Wildman–Crippen MR) is 91.7 cm³/mol. The van der Waals surface area contributed by atoms with E-state index in [0.29, 0.717) is 12.8 Å². The number of rotatable bonds is 2. The molecular weight excluding hydrogens is 304 g/mol. The van der Waals surface area contributed by atoms with Gasteiger partial charge in [-0.1, -0.05) is 31.5 Å². The zero-order valence-electron chi connectivity index (χ0n) is 15.0. The lowest BCUT2D eigenvalue weighted by Crippen LogP contribution is -2.53. The van der Waals surface area contributed by atoms with E-state index < -0.39 is 23.1 Å². The summed E-state index contributed by atoms with van der Waals surface area (Å²) in [5, 5.41) is 30.8. The highest BCUT2D eigenvalue weighted by Gasteiger charge is 2.56. The van der Waals surface area contributed by atoms with Crippen molar-refractivity contribution in [1.82, 2.24) is 0 Å². The second kappa shape index (κ2) is 5.30. The molecule has 2 aliphatic carbocycles. The van der Waals surface area contributed by atoms with E-state index in [1.54, 1.807) is 13.8 Å². The second-order valence-corrected chi connectivity index (χ2v) is 8.66. The van der Waals surface area contributed by atoms with Gasteiger partial charge >= 0.3 is 5.97 Å². The van der Waals surface area contributed by atoms with Crippen molar-refractivity contribution in [2.24, 2.45) is 11.3 Å². The number of hydrogen-bond acceptors (Lipinski definition) is 3. The Morgan fingerprint density at radius 2 is 1.92 bits per heavy atom. The van der Waals surface area contributed by atoms with E-state index >= 15 is 0 Å². The van der Waals surface area contributed by atoms with Crippen LogP contribution in [0.1, 0.15) is 76.2 Å². The molecule has 0 radical (unpaired) electrons. The molecule has 1 aromatic carbocycles. The highest BCUT2D eigenvalue weighted by Crippen LogP contribution is 2.59. The molecule has 0 spiro atoms. The standard InChI is InChI=1S/C20H28O4/c1-18(2,24)12-6-7-14-13(10-12)15(21)11-16-19(14,3)8-5-9-20(16,4)17(22)23/h6-7,10,15-16,21,24H,5,8-9,11H2,1-4H3,(H,22,23)/t15-,16-,19+,20-/m0/s1. The van der Waals surface area contributed by atoms with Crippen molar-refractivity contribution >= 4 is 5.97 Å². The summed E-state index contributed by atoms with van der Waals surface area (Å²) < 4.78 is 0. The summed E-state index contributed by atoms with van der Waals surface area (Å²) in [5.74, 6) is -0.853. The minimum atomic E-state index is -0.964. The molecule has 0 aromatic heterocycles. The Morgan fingerprint density at radius 3 is 2.50 bits per heavy atom. The molecule has 0 saturated heterocycles. The zero-order chi connectivity index (χ0) is 17.9. The first kappa shape index (κ1) is 17.4. The van der Waals surface area contributed by atoms with E-state index in [4.69, 9.17) is 0 Å². The maximum Gasteiger partial charge on any atom is 0.309 e. The zero-order valence-corrected chi connectivity index (χ0v) is 15.0. The first-order valence-electron chi connectivity index (χ1n) is 8.79. The van der Waals surface area contributed by atoms with Gasteiger partial charge in [0.1, 0.15) is 0 Å².